The van der Waals surface area contributed by atoms with Crippen molar-refractivity contribution in [1.29, 1.82) is 0 Å². The van der Waals surface area contributed by atoms with E-state index in [1.165, 1.54) is 6.92 Å². The first-order chi connectivity index (χ1) is 6.36. The molecule has 5 heteroatoms. The van der Waals surface area contributed by atoms with Gasteiger partial charge in [-0.05, 0) is 19.3 Å². The third-order valence-corrected chi connectivity index (χ3v) is 1.56. The SMILES string of the molecule is CC(C)CO.CCC(C(C)=O)C(=O)O.[Ti]. The summed E-state index contributed by atoms with van der Waals surface area (Å²) < 4.78 is 0. The smallest absolute Gasteiger partial charge is 0.314 e. The summed E-state index contributed by atoms with van der Waals surface area (Å²) in [6, 6.07) is 0. The van der Waals surface area contributed by atoms with Crippen LogP contribution in [0.25, 0.3) is 0 Å². The summed E-state index contributed by atoms with van der Waals surface area (Å²) in [5.41, 5.74) is 0. The van der Waals surface area contributed by atoms with Gasteiger partial charge in [-0.15, -0.1) is 0 Å². The van der Waals surface area contributed by atoms with Crippen molar-refractivity contribution in [2.24, 2.45) is 11.8 Å². The summed E-state index contributed by atoms with van der Waals surface area (Å²) in [6.45, 7) is 7.22. The number of carboxylic acid groups (broad SMARTS) is 1. The fourth-order valence-corrected chi connectivity index (χ4v) is 0.636. The first kappa shape index (κ1) is 20.3. The first-order valence-corrected chi connectivity index (χ1v) is 4.70. The molecule has 0 aliphatic rings. The molecule has 4 nitrogen and oxygen atoms in total. The molecule has 0 aliphatic heterocycles. The molecule has 1 unspecified atom stereocenters. The number of aliphatic hydroxyl groups is 1. The Balaban J connectivity index is -0.000000208. The van der Waals surface area contributed by atoms with E-state index in [1.54, 1.807) is 6.92 Å². The van der Waals surface area contributed by atoms with Gasteiger partial charge in [0.1, 0.15) is 11.7 Å². The summed E-state index contributed by atoms with van der Waals surface area (Å²) in [6.07, 6.45) is 0.380. The van der Waals surface area contributed by atoms with Crippen molar-refractivity contribution < 1.29 is 41.5 Å². The average molecular weight is 252 g/mol. The van der Waals surface area contributed by atoms with Gasteiger partial charge in [0.15, 0.2) is 0 Å². The molecule has 0 aromatic carbocycles. The second kappa shape index (κ2) is 11.9. The zero-order chi connectivity index (χ0) is 11.7. The van der Waals surface area contributed by atoms with Gasteiger partial charge in [-0.1, -0.05) is 20.8 Å². The van der Waals surface area contributed by atoms with Crippen LogP contribution >= 0.6 is 0 Å². The maximum Gasteiger partial charge on any atom is 0.314 e. The zero-order valence-electron chi connectivity index (χ0n) is 9.78. The number of hydrogen-bond acceptors (Lipinski definition) is 3. The van der Waals surface area contributed by atoms with E-state index in [9.17, 15) is 9.59 Å². The topological polar surface area (TPSA) is 74.6 Å². The van der Waals surface area contributed by atoms with E-state index in [-0.39, 0.29) is 27.5 Å². The molecule has 0 radical (unpaired) electrons. The quantitative estimate of drug-likeness (QED) is 0.584. The van der Waals surface area contributed by atoms with E-state index < -0.39 is 11.9 Å². The van der Waals surface area contributed by atoms with Gasteiger partial charge in [0.25, 0.3) is 0 Å². The van der Waals surface area contributed by atoms with E-state index in [4.69, 9.17) is 10.2 Å². The van der Waals surface area contributed by atoms with Crippen molar-refractivity contribution >= 4 is 11.8 Å². The molecule has 0 rings (SSSR count). The fraction of sp³-hybridized carbons (Fsp3) is 0.800. The summed E-state index contributed by atoms with van der Waals surface area (Å²) in [4.78, 5) is 20.6. The maximum absolute atomic E-state index is 10.4. The van der Waals surface area contributed by atoms with Crippen LogP contribution < -0.4 is 0 Å². The number of aliphatic hydroxyl groups excluding tert-OH is 1. The summed E-state index contributed by atoms with van der Waals surface area (Å²) >= 11 is 0. The van der Waals surface area contributed by atoms with E-state index in [0.717, 1.165) is 0 Å². The number of carbonyl (C=O) groups excluding carboxylic acids is 1. The fourth-order valence-electron chi connectivity index (χ4n) is 0.636. The predicted molar refractivity (Wildman–Crippen MR) is 54.0 cm³/mol. The van der Waals surface area contributed by atoms with Crippen LogP contribution in [-0.4, -0.2) is 28.6 Å². The Bertz CT molecular complexity index is 166. The Morgan fingerprint density at radius 1 is 1.27 bits per heavy atom. The van der Waals surface area contributed by atoms with Crippen LogP contribution in [0, 0.1) is 11.8 Å². The molecule has 0 amide bonds. The van der Waals surface area contributed by atoms with Gasteiger partial charge < -0.3 is 10.2 Å². The monoisotopic (exact) mass is 252 g/mol. The number of rotatable bonds is 4. The Morgan fingerprint density at radius 3 is 1.60 bits per heavy atom. The van der Waals surface area contributed by atoms with Crippen LogP contribution in [-0.2, 0) is 31.3 Å². The van der Waals surface area contributed by atoms with E-state index >= 15 is 0 Å². The van der Waals surface area contributed by atoms with Gasteiger partial charge in [0.05, 0.1) is 0 Å². The van der Waals surface area contributed by atoms with Crippen molar-refractivity contribution in [2.75, 3.05) is 6.61 Å². The molecule has 0 spiro atoms. The van der Waals surface area contributed by atoms with Crippen molar-refractivity contribution in [3.8, 4) is 0 Å². The molecule has 88 valence electrons. The molecular weight excluding hydrogens is 232 g/mol. The molecule has 0 saturated carbocycles. The third kappa shape index (κ3) is 13.8. The number of carboxylic acids is 1. The largest absolute Gasteiger partial charge is 0.481 e. The third-order valence-electron chi connectivity index (χ3n) is 1.56. The van der Waals surface area contributed by atoms with Crippen LogP contribution in [0.15, 0.2) is 0 Å². The van der Waals surface area contributed by atoms with E-state index in [0.29, 0.717) is 18.9 Å². The van der Waals surface area contributed by atoms with E-state index in [2.05, 4.69) is 0 Å². The first-order valence-electron chi connectivity index (χ1n) is 4.70. The van der Waals surface area contributed by atoms with Crippen molar-refractivity contribution in [3.63, 3.8) is 0 Å². The van der Waals surface area contributed by atoms with Gasteiger partial charge in [0.2, 0.25) is 0 Å². The summed E-state index contributed by atoms with van der Waals surface area (Å²) in [7, 11) is 0. The minimum absolute atomic E-state index is 0. The molecule has 15 heavy (non-hydrogen) atoms. The minimum Gasteiger partial charge on any atom is -0.481 e. The number of hydrogen-bond donors (Lipinski definition) is 2. The molecule has 0 aromatic heterocycles. The average Bonchev–Trinajstić information content (AvgIpc) is 2.05. The van der Waals surface area contributed by atoms with Crippen LogP contribution in [0.3, 0.4) is 0 Å². The van der Waals surface area contributed by atoms with Gasteiger partial charge >= 0.3 is 5.97 Å². The van der Waals surface area contributed by atoms with Crippen LogP contribution in [0.1, 0.15) is 34.1 Å². The number of carbonyl (C=O) groups is 2. The van der Waals surface area contributed by atoms with E-state index in [1.807, 2.05) is 13.8 Å². The van der Waals surface area contributed by atoms with Crippen LogP contribution in [0.4, 0.5) is 0 Å². The maximum atomic E-state index is 10.4. The van der Waals surface area contributed by atoms with Crippen molar-refractivity contribution in [1.82, 2.24) is 0 Å². The second-order valence-electron chi connectivity index (χ2n) is 3.49. The van der Waals surface area contributed by atoms with Crippen molar-refractivity contribution in [2.45, 2.75) is 34.1 Å². The Hall–Kier alpha value is -0.186. The van der Waals surface area contributed by atoms with Gasteiger partial charge in [-0.25, -0.2) is 0 Å². The molecule has 0 heterocycles. The normalized spacial score (nSPS) is 10.8. The van der Waals surface area contributed by atoms with Crippen LogP contribution in [0.2, 0.25) is 0 Å². The molecule has 0 aromatic rings. The molecule has 0 fully saturated rings. The molecule has 0 saturated heterocycles. The van der Waals surface area contributed by atoms with Gasteiger partial charge in [-0.3, -0.25) is 9.59 Å². The second-order valence-corrected chi connectivity index (χ2v) is 3.49. The Morgan fingerprint density at radius 2 is 1.60 bits per heavy atom. The predicted octanol–water partition coefficient (Wildman–Crippen LogP) is 1.32. The molecule has 0 bridgehead atoms. The Kier molecular flexibility index (Phi) is 16.1. The molecular formula is C10H20O4Ti. The molecule has 1 atom stereocenters. The standard InChI is InChI=1S/C6H10O3.C4H10O.Ti/c1-3-5(4(2)7)6(8)9;1-4(2)3-5;/h5H,3H2,1-2H3,(H,8,9);4-5H,3H2,1-2H3;. The zero-order valence-corrected chi connectivity index (χ0v) is 11.3. The number of aliphatic carboxylic acids is 1. The Labute approximate surface area is 106 Å². The van der Waals surface area contributed by atoms with Crippen molar-refractivity contribution in [3.05, 3.63) is 0 Å². The molecule has 2 N–H and O–H groups in total. The summed E-state index contributed by atoms with van der Waals surface area (Å²) in [5, 5.41) is 16.5. The minimum atomic E-state index is -1.02. The number of ketones is 1. The molecule has 0 aliphatic carbocycles. The van der Waals surface area contributed by atoms with Gasteiger partial charge in [-0.2, -0.15) is 0 Å². The number of Topliss-reactive ketones (excluding diaryl/α,β-unsaturated/α-hetero) is 1. The summed E-state index contributed by atoms with van der Waals surface area (Å²) in [5.74, 6) is -1.66. The van der Waals surface area contributed by atoms with Crippen LogP contribution in [0.5, 0.6) is 0 Å². The van der Waals surface area contributed by atoms with Gasteiger partial charge in [0, 0.05) is 28.3 Å².